The standard InChI is InChI=1S/C18H18Cl2INO3/c1-3-8-25-17-13(21)9-11(10-15(17)24-4-2)18(23)22-14-7-5-6-12(19)16(14)20/h5-7,9-10H,3-4,8H2,1-2H3,(H,22,23). The maximum atomic E-state index is 12.6. The van der Waals surface area contributed by atoms with Crippen LogP contribution in [0, 0.1) is 3.57 Å². The van der Waals surface area contributed by atoms with Crippen molar-refractivity contribution in [2.24, 2.45) is 0 Å². The Bertz CT molecular complexity index is 768. The van der Waals surface area contributed by atoms with Gasteiger partial charge in [-0.15, -0.1) is 0 Å². The van der Waals surface area contributed by atoms with Crippen molar-refractivity contribution in [2.45, 2.75) is 20.3 Å². The van der Waals surface area contributed by atoms with Crippen molar-refractivity contribution in [3.8, 4) is 11.5 Å². The molecule has 7 heteroatoms. The largest absolute Gasteiger partial charge is 0.490 e. The number of hydrogen-bond donors (Lipinski definition) is 1. The summed E-state index contributed by atoms with van der Waals surface area (Å²) < 4.78 is 12.2. The first-order valence-electron chi connectivity index (χ1n) is 7.82. The summed E-state index contributed by atoms with van der Waals surface area (Å²) in [6, 6.07) is 8.50. The Hall–Kier alpha value is -1.18. The molecule has 0 aliphatic rings. The van der Waals surface area contributed by atoms with Gasteiger partial charge in [-0.25, -0.2) is 0 Å². The number of amides is 1. The zero-order valence-corrected chi connectivity index (χ0v) is 17.5. The summed E-state index contributed by atoms with van der Waals surface area (Å²) in [4.78, 5) is 12.6. The van der Waals surface area contributed by atoms with E-state index < -0.39 is 0 Å². The third kappa shape index (κ3) is 5.15. The third-order valence-electron chi connectivity index (χ3n) is 3.22. The molecular weight excluding hydrogens is 476 g/mol. The lowest BCUT2D eigenvalue weighted by Crippen LogP contribution is -2.13. The first-order valence-corrected chi connectivity index (χ1v) is 9.65. The first-order chi connectivity index (χ1) is 12.0. The van der Waals surface area contributed by atoms with Gasteiger partial charge < -0.3 is 14.8 Å². The minimum absolute atomic E-state index is 0.301. The van der Waals surface area contributed by atoms with E-state index in [1.54, 1.807) is 30.3 Å². The van der Waals surface area contributed by atoms with Crippen molar-refractivity contribution in [3.63, 3.8) is 0 Å². The number of carbonyl (C=O) groups excluding carboxylic acids is 1. The molecule has 0 bridgehead atoms. The molecule has 0 aliphatic heterocycles. The lowest BCUT2D eigenvalue weighted by molar-refractivity contribution is 0.102. The SMILES string of the molecule is CCCOc1c(I)cc(C(=O)Nc2cccc(Cl)c2Cl)cc1OCC. The van der Waals surface area contributed by atoms with Crippen LogP contribution in [0.3, 0.4) is 0 Å². The van der Waals surface area contributed by atoms with Crippen LogP contribution in [0.4, 0.5) is 5.69 Å². The summed E-state index contributed by atoms with van der Waals surface area (Å²) in [5.41, 5.74) is 0.909. The average molecular weight is 494 g/mol. The molecule has 0 saturated heterocycles. The monoisotopic (exact) mass is 493 g/mol. The predicted molar refractivity (Wildman–Crippen MR) is 111 cm³/mol. The number of carbonyl (C=O) groups is 1. The van der Waals surface area contributed by atoms with E-state index >= 15 is 0 Å². The highest BCUT2D eigenvalue weighted by molar-refractivity contribution is 14.1. The number of ether oxygens (including phenoxy) is 2. The highest BCUT2D eigenvalue weighted by atomic mass is 127. The van der Waals surface area contributed by atoms with Gasteiger partial charge in [0.05, 0.1) is 32.5 Å². The van der Waals surface area contributed by atoms with Crippen LogP contribution < -0.4 is 14.8 Å². The van der Waals surface area contributed by atoms with Gasteiger partial charge in [0.25, 0.3) is 5.91 Å². The van der Waals surface area contributed by atoms with E-state index in [1.165, 1.54) is 0 Å². The zero-order valence-electron chi connectivity index (χ0n) is 13.9. The van der Waals surface area contributed by atoms with E-state index in [-0.39, 0.29) is 5.91 Å². The van der Waals surface area contributed by atoms with E-state index in [0.717, 1.165) is 9.99 Å². The van der Waals surface area contributed by atoms with Gasteiger partial charge in [0.1, 0.15) is 0 Å². The smallest absolute Gasteiger partial charge is 0.255 e. The Morgan fingerprint density at radius 1 is 1.20 bits per heavy atom. The van der Waals surface area contributed by atoms with Crippen molar-refractivity contribution in [1.82, 2.24) is 0 Å². The molecule has 2 aromatic rings. The van der Waals surface area contributed by atoms with Crippen molar-refractivity contribution in [3.05, 3.63) is 49.5 Å². The maximum absolute atomic E-state index is 12.6. The molecular formula is C18H18Cl2INO3. The van der Waals surface area contributed by atoms with Gasteiger partial charge in [-0.2, -0.15) is 0 Å². The number of hydrogen-bond acceptors (Lipinski definition) is 3. The normalized spacial score (nSPS) is 10.4. The summed E-state index contributed by atoms with van der Waals surface area (Å²) in [5.74, 6) is 0.900. The van der Waals surface area contributed by atoms with Crippen LogP contribution in [-0.2, 0) is 0 Å². The molecule has 1 N–H and O–H groups in total. The second kappa shape index (κ2) is 9.50. The molecule has 25 heavy (non-hydrogen) atoms. The van der Waals surface area contributed by atoms with Gasteiger partial charge >= 0.3 is 0 Å². The van der Waals surface area contributed by atoms with Crippen LogP contribution in [-0.4, -0.2) is 19.1 Å². The van der Waals surface area contributed by atoms with E-state index in [4.69, 9.17) is 32.7 Å². The van der Waals surface area contributed by atoms with Gasteiger partial charge in [-0.1, -0.05) is 36.2 Å². The maximum Gasteiger partial charge on any atom is 0.255 e. The molecule has 0 saturated carbocycles. The summed E-state index contributed by atoms with van der Waals surface area (Å²) in [5, 5.41) is 3.46. The third-order valence-corrected chi connectivity index (χ3v) is 4.84. The molecule has 0 unspecified atom stereocenters. The molecule has 2 aromatic carbocycles. The van der Waals surface area contributed by atoms with Gasteiger partial charge in [0, 0.05) is 5.56 Å². The highest BCUT2D eigenvalue weighted by Crippen LogP contribution is 2.35. The van der Waals surface area contributed by atoms with Crippen LogP contribution in [0.2, 0.25) is 10.0 Å². The van der Waals surface area contributed by atoms with Crippen LogP contribution in [0.1, 0.15) is 30.6 Å². The van der Waals surface area contributed by atoms with Gasteiger partial charge in [0.15, 0.2) is 11.5 Å². The Morgan fingerprint density at radius 3 is 2.64 bits per heavy atom. The minimum Gasteiger partial charge on any atom is -0.490 e. The quantitative estimate of drug-likeness (QED) is 0.478. The molecule has 0 radical (unpaired) electrons. The molecule has 0 aromatic heterocycles. The topological polar surface area (TPSA) is 47.6 Å². The zero-order chi connectivity index (χ0) is 18.4. The summed E-state index contributed by atoms with van der Waals surface area (Å²) in [6.45, 7) is 4.97. The van der Waals surface area contributed by atoms with Crippen LogP contribution in [0.25, 0.3) is 0 Å². The Morgan fingerprint density at radius 2 is 1.96 bits per heavy atom. The molecule has 0 heterocycles. The molecule has 0 aliphatic carbocycles. The van der Waals surface area contributed by atoms with E-state index in [2.05, 4.69) is 27.9 Å². The van der Waals surface area contributed by atoms with Crippen LogP contribution in [0.15, 0.2) is 30.3 Å². The van der Waals surface area contributed by atoms with Crippen molar-refractivity contribution in [1.29, 1.82) is 0 Å². The molecule has 4 nitrogen and oxygen atoms in total. The van der Waals surface area contributed by atoms with E-state index in [1.807, 2.05) is 13.8 Å². The average Bonchev–Trinajstić information content (AvgIpc) is 2.58. The van der Waals surface area contributed by atoms with E-state index in [0.29, 0.717) is 46.0 Å². The molecule has 134 valence electrons. The second-order valence-electron chi connectivity index (χ2n) is 5.12. The lowest BCUT2D eigenvalue weighted by atomic mass is 10.1. The predicted octanol–water partition coefficient (Wildman–Crippen LogP) is 6.04. The lowest BCUT2D eigenvalue weighted by Gasteiger charge is -2.15. The number of anilines is 1. The number of rotatable bonds is 7. The molecule has 2 rings (SSSR count). The van der Waals surface area contributed by atoms with Crippen molar-refractivity contribution >= 4 is 57.4 Å². The highest BCUT2D eigenvalue weighted by Gasteiger charge is 2.17. The van der Waals surface area contributed by atoms with Gasteiger partial charge in [0.2, 0.25) is 0 Å². The first kappa shape index (κ1) is 20.1. The van der Waals surface area contributed by atoms with E-state index in [9.17, 15) is 4.79 Å². The number of halogens is 3. The van der Waals surface area contributed by atoms with Crippen LogP contribution in [0.5, 0.6) is 11.5 Å². The molecule has 1 amide bonds. The minimum atomic E-state index is -0.301. The fourth-order valence-electron chi connectivity index (χ4n) is 2.10. The number of benzene rings is 2. The van der Waals surface area contributed by atoms with Gasteiger partial charge in [-0.05, 0) is 60.2 Å². The van der Waals surface area contributed by atoms with Crippen molar-refractivity contribution in [2.75, 3.05) is 18.5 Å². The van der Waals surface area contributed by atoms with Crippen LogP contribution >= 0.6 is 45.8 Å². The Labute approximate surface area is 170 Å². The summed E-state index contributed by atoms with van der Waals surface area (Å²) in [6.07, 6.45) is 0.886. The van der Waals surface area contributed by atoms with Gasteiger partial charge in [-0.3, -0.25) is 4.79 Å². The second-order valence-corrected chi connectivity index (χ2v) is 7.07. The Balaban J connectivity index is 2.31. The summed E-state index contributed by atoms with van der Waals surface area (Å²) >= 11 is 14.2. The van der Waals surface area contributed by atoms with Crippen molar-refractivity contribution < 1.29 is 14.3 Å². The molecule has 0 atom stereocenters. The summed E-state index contributed by atoms with van der Waals surface area (Å²) in [7, 11) is 0. The molecule has 0 fully saturated rings. The fraction of sp³-hybridized carbons (Fsp3) is 0.278. The number of nitrogens with one attached hydrogen (secondary N) is 1. The fourth-order valence-corrected chi connectivity index (χ4v) is 3.21. The molecule has 0 spiro atoms. The Kier molecular flexibility index (Phi) is 7.65.